The van der Waals surface area contributed by atoms with Crippen LogP contribution in [0.5, 0.6) is 0 Å². The zero-order chi connectivity index (χ0) is 30.4. The molecule has 0 aliphatic rings. The van der Waals surface area contributed by atoms with E-state index >= 15 is 0 Å². The molecule has 0 bridgehead atoms. The van der Waals surface area contributed by atoms with Crippen LogP contribution in [0.25, 0.3) is 93.1 Å². The third kappa shape index (κ3) is 3.15. The Labute approximate surface area is 259 Å². The highest BCUT2D eigenvalue weighted by Crippen LogP contribution is 2.48. The number of hydrogen-bond donors (Lipinski definition) is 0. The number of aryl methyl sites for hydroxylation is 2. The number of benzene rings is 6. The summed E-state index contributed by atoms with van der Waals surface area (Å²) >= 11 is 0. The maximum Gasteiger partial charge on any atom is 0.160 e. The van der Waals surface area contributed by atoms with E-state index in [1.807, 2.05) is 12.1 Å². The van der Waals surface area contributed by atoms with E-state index in [2.05, 4.69) is 124 Å². The second kappa shape index (κ2) is 8.25. The van der Waals surface area contributed by atoms with E-state index in [-0.39, 0.29) is 5.41 Å². The molecule has 3 heteroatoms. The average Bonchev–Trinajstić information content (AvgIpc) is 3.76. The molecular weight excluding hydrogens is 550 g/mol. The Kier molecular flexibility index (Phi) is 4.60. The first-order chi connectivity index (χ1) is 21.8. The monoisotopic (exact) mass is 581 g/mol. The number of rotatable bonds is 1. The number of aromatic nitrogens is 1. The SMILES string of the molecule is Cc1cc(C(C)(C)C)cc(C)c1-c1cc2c3ccc4c5ccccc5oc4c3n3c2c(c1)c1ccc2c4ccccc4oc2c13. The first kappa shape index (κ1) is 25.1. The maximum absolute atomic E-state index is 6.69. The number of nitrogens with zero attached hydrogens (tertiary/aromatic N) is 1. The Bertz CT molecular complexity index is 2690. The van der Waals surface area contributed by atoms with Crippen LogP contribution in [0.2, 0.25) is 0 Å². The first-order valence-electron chi connectivity index (χ1n) is 15.8. The standard InChI is InChI=1S/C42H31NO2/c1-22-18-25(42(3,4)5)19-23(2)36(22)24-20-32-28-14-16-30-26-10-6-8-12-34(26)44-40(30)38(28)43-37(32)33(21-24)29-15-17-31-27-11-7-9-13-35(27)45-41(31)39(29)43/h6-21H,1-5H3. The van der Waals surface area contributed by atoms with Gasteiger partial charge < -0.3 is 13.2 Å². The molecule has 45 heavy (non-hydrogen) atoms. The molecule has 4 heterocycles. The van der Waals surface area contributed by atoms with E-state index in [4.69, 9.17) is 8.83 Å². The fourth-order valence-corrected chi connectivity index (χ4v) is 8.05. The molecule has 0 amide bonds. The molecule has 216 valence electrons. The zero-order valence-electron chi connectivity index (χ0n) is 26.0. The molecule has 0 aliphatic heterocycles. The van der Waals surface area contributed by atoms with Gasteiger partial charge in [-0.15, -0.1) is 0 Å². The highest BCUT2D eigenvalue weighted by atomic mass is 16.3. The summed E-state index contributed by atoms with van der Waals surface area (Å²) in [6.07, 6.45) is 0. The van der Waals surface area contributed by atoms with Crippen molar-refractivity contribution in [2.75, 3.05) is 0 Å². The van der Waals surface area contributed by atoms with Gasteiger partial charge in [-0.3, -0.25) is 0 Å². The van der Waals surface area contributed by atoms with Gasteiger partial charge in [0.25, 0.3) is 0 Å². The van der Waals surface area contributed by atoms with Crippen molar-refractivity contribution in [3.63, 3.8) is 0 Å². The third-order valence-corrected chi connectivity index (χ3v) is 10.1. The predicted octanol–water partition coefficient (Wildman–Crippen LogP) is 12.2. The van der Waals surface area contributed by atoms with Gasteiger partial charge in [0.05, 0.1) is 16.6 Å². The summed E-state index contributed by atoms with van der Waals surface area (Å²) in [6.45, 7) is 11.4. The summed E-state index contributed by atoms with van der Waals surface area (Å²) in [4.78, 5) is 0. The van der Waals surface area contributed by atoms with Crippen LogP contribution in [0, 0.1) is 13.8 Å². The highest BCUT2D eigenvalue weighted by molar-refractivity contribution is 6.32. The number of furan rings is 2. The van der Waals surface area contributed by atoms with Gasteiger partial charge in [0.2, 0.25) is 0 Å². The molecule has 4 aromatic heterocycles. The van der Waals surface area contributed by atoms with Gasteiger partial charge in [0, 0.05) is 43.1 Å². The van der Waals surface area contributed by atoms with Crippen LogP contribution < -0.4 is 0 Å². The van der Waals surface area contributed by atoms with Crippen LogP contribution in [0.4, 0.5) is 0 Å². The average molecular weight is 582 g/mol. The van der Waals surface area contributed by atoms with Gasteiger partial charge in [0.15, 0.2) is 11.2 Å². The van der Waals surface area contributed by atoms with Crippen molar-refractivity contribution >= 4 is 82.0 Å². The zero-order valence-corrected chi connectivity index (χ0v) is 26.0. The molecule has 0 aliphatic carbocycles. The van der Waals surface area contributed by atoms with Crippen molar-refractivity contribution in [2.45, 2.75) is 40.0 Å². The quantitative estimate of drug-likeness (QED) is 0.193. The Hall–Kier alpha value is -5.28. The van der Waals surface area contributed by atoms with Crippen molar-refractivity contribution in [1.82, 2.24) is 4.40 Å². The molecule has 0 fully saturated rings. The van der Waals surface area contributed by atoms with E-state index < -0.39 is 0 Å². The lowest BCUT2D eigenvalue weighted by molar-refractivity contribution is 0.589. The van der Waals surface area contributed by atoms with E-state index in [1.54, 1.807) is 0 Å². The van der Waals surface area contributed by atoms with E-state index in [1.165, 1.54) is 54.9 Å². The van der Waals surface area contributed by atoms with Crippen LogP contribution in [-0.2, 0) is 5.41 Å². The molecule has 10 rings (SSSR count). The van der Waals surface area contributed by atoms with Crippen LogP contribution in [0.1, 0.15) is 37.5 Å². The summed E-state index contributed by atoms with van der Waals surface area (Å²) in [5.41, 5.74) is 13.7. The maximum atomic E-state index is 6.69. The summed E-state index contributed by atoms with van der Waals surface area (Å²) < 4.78 is 15.8. The molecule has 0 radical (unpaired) electrons. The molecule has 0 saturated heterocycles. The lowest BCUT2D eigenvalue weighted by Crippen LogP contribution is -2.12. The minimum Gasteiger partial charge on any atom is -0.454 e. The van der Waals surface area contributed by atoms with Crippen molar-refractivity contribution in [2.24, 2.45) is 0 Å². The Morgan fingerprint density at radius 2 is 0.956 bits per heavy atom. The topological polar surface area (TPSA) is 30.7 Å². The number of hydrogen-bond acceptors (Lipinski definition) is 2. The number of fused-ring (bicyclic) bond motifs is 14. The van der Waals surface area contributed by atoms with Gasteiger partial charge >= 0.3 is 0 Å². The van der Waals surface area contributed by atoms with Gasteiger partial charge in [-0.2, -0.15) is 0 Å². The van der Waals surface area contributed by atoms with Crippen molar-refractivity contribution in [3.05, 3.63) is 114 Å². The second-order valence-corrected chi connectivity index (χ2v) is 13.9. The molecular formula is C42H31NO2. The normalized spacial score (nSPS) is 13.0. The summed E-state index contributed by atoms with van der Waals surface area (Å²) in [5, 5.41) is 9.40. The Morgan fingerprint density at radius 3 is 1.44 bits per heavy atom. The fourth-order valence-electron chi connectivity index (χ4n) is 8.05. The fraction of sp³-hybridized carbons (Fsp3) is 0.143. The van der Waals surface area contributed by atoms with E-state index in [0.717, 1.165) is 54.9 Å². The minimum absolute atomic E-state index is 0.0916. The Morgan fingerprint density at radius 1 is 0.489 bits per heavy atom. The molecule has 10 aromatic rings. The van der Waals surface area contributed by atoms with Crippen LogP contribution in [0.3, 0.4) is 0 Å². The highest BCUT2D eigenvalue weighted by Gasteiger charge is 2.26. The van der Waals surface area contributed by atoms with Crippen LogP contribution in [0.15, 0.2) is 106 Å². The van der Waals surface area contributed by atoms with Crippen LogP contribution in [-0.4, -0.2) is 4.40 Å². The van der Waals surface area contributed by atoms with Crippen LogP contribution >= 0.6 is 0 Å². The molecule has 0 saturated carbocycles. The van der Waals surface area contributed by atoms with Crippen molar-refractivity contribution in [1.29, 1.82) is 0 Å². The largest absolute Gasteiger partial charge is 0.454 e. The molecule has 6 aromatic carbocycles. The van der Waals surface area contributed by atoms with Gasteiger partial charge in [-0.25, -0.2) is 0 Å². The third-order valence-electron chi connectivity index (χ3n) is 10.1. The lowest BCUT2D eigenvalue weighted by atomic mass is 9.82. The molecule has 3 nitrogen and oxygen atoms in total. The molecule has 0 N–H and O–H groups in total. The first-order valence-corrected chi connectivity index (χ1v) is 15.8. The molecule has 0 unspecified atom stereocenters. The predicted molar refractivity (Wildman–Crippen MR) is 189 cm³/mol. The summed E-state index contributed by atoms with van der Waals surface area (Å²) in [6, 6.07) is 35.3. The molecule has 0 atom stereocenters. The van der Waals surface area contributed by atoms with E-state index in [0.29, 0.717) is 0 Å². The summed E-state index contributed by atoms with van der Waals surface area (Å²) in [7, 11) is 0. The van der Waals surface area contributed by atoms with E-state index in [9.17, 15) is 0 Å². The molecule has 0 spiro atoms. The minimum atomic E-state index is 0.0916. The smallest absolute Gasteiger partial charge is 0.160 e. The second-order valence-electron chi connectivity index (χ2n) is 13.9. The van der Waals surface area contributed by atoms with Gasteiger partial charge in [-0.1, -0.05) is 81.4 Å². The lowest BCUT2D eigenvalue weighted by Gasteiger charge is -2.22. The summed E-state index contributed by atoms with van der Waals surface area (Å²) in [5.74, 6) is 0. The Balaban J connectivity index is 1.44. The van der Waals surface area contributed by atoms with Crippen molar-refractivity contribution < 1.29 is 8.83 Å². The van der Waals surface area contributed by atoms with Gasteiger partial charge in [-0.05, 0) is 83.5 Å². The number of para-hydroxylation sites is 2. The van der Waals surface area contributed by atoms with Gasteiger partial charge in [0.1, 0.15) is 11.2 Å². The van der Waals surface area contributed by atoms with Crippen molar-refractivity contribution in [3.8, 4) is 11.1 Å².